The second-order valence-corrected chi connectivity index (χ2v) is 22.7. The molecule has 0 aliphatic carbocycles. The van der Waals surface area contributed by atoms with Crippen LogP contribution in [0, 0.1) is 6.92 Å². The molecule has 0 aliphatic heterocycles. The highest BCUT2D eigenvalue weighted by molar-refractivity contribution is 6.28. The summed E-state index contributed by atoms with van der Waals surface area (Å²) < 4.78 is 7.16. The van der Waals surface area contributed by atoms with Gasteiger partial charge in [0.15, 0.2) is 5.58 Å². The summed E-state index contributed by atoms with van der Waals surface area (Å²) in [7, 11) is 0. The third kappa shape index (κ3) is 8.15. The Morgan fingerprint density at radius 3 is 1.40 bits per heavy atom. The van der Waals surface area contributed by atoms with Crippen LogP contribution in [-0.2, 0) is 10.8 Å². The zero-order valence-electron chi connectivity index (χ0n) is 44.7. The predicted molar refractivity (Wildman–Crippen MR) is 327 cm³/mol. The molecule has 0 spiro atoms. The topological polar surface area (TPSA) is 39.9 Å². The fraction of sp³-hybridized carbons (Fsp3) is 0.123. The van der Waals surface area contributed by atoms with Gasteiger partial charge in [-0.2, -0.15) is 0 Å². The van der Waals surface area contributed by atoms with Crippen LogP contribution < -0.4 is 9.80 Å². The van der Waals surface area contributed by atoms with Gasteiger partial charge in [-0.1, -0.05) is 217 Å². The number of benzene rings is 12. The molecule has 0 saturated heterocycles. The van der Waals surface area contributed by atoms with Crippen molar-refractivity contribution in [2.24, 2.45) is 0 Å². The molecule has 0 amide bonds. The third-order valence-corrected chi connectivity index (χ3v) is 15.8. The van der Waals surface area contributed by atoms with Crippen LogP contribution in [0.1, 0.15) is 58.2 Å². The lowest BCUT2D eigenvalue weighted by Gasteiger charge is -2.30. The number of hydrogen-bond acceptors (Lipinski definition) is 4. The van der Waals surface area contributed by atoms with E-state index in [-0.39, 0.29) is 16.6 Å². The van der Waals surface area contributed by atoms with Crippen LogP contribution in [0.15, 0.2) is 235 Å². The van der Waals surface area contributed by atoms with E-state index < -0.39 is 0 Å². The van der Waals surface area contributed by atoms with Crippen molar-refractivity contribution >= 4 is 88.4 Å². The molecular weight excluding hydrogens is 937 g/mol. The van der Waals surface area contributed by atoms with E-state index in [0.717, 1.165) is 105 Å². The maximum atomic E-state index is 12.8. The molecule has 374 valence electrons. The summed E-state index contributed by atoms with van der Waals surface area (Å²) >= 11 is 0. The maximum absolute atomic E-state index is 12.8. The molecule has 0 bridgehead atoms. The van der Waals surface area contributed by atoms with Gasteiger partial charge in [-0.05, 0) is 133 Å². The molecule has 1 N–H and O–H groups in total. The van der Waals surface area contributed by atoms with E-state index in [4.69, 9.17) is 4.42 Å². The fourth-order valence-electron chi connectivity index (χ4n) is 11.7. The highest BCUT2D eigenvalue weighted by atomic mass is 16.3. The first kappa shape index (κ1) is 47.6. The van der Waals surface area contributed by atoms with Crippen molar-refractivity contribution in [3.05, 3.63) is 247 Å². The van der Waals surface area contributed by atoms with Gasteiger partial charge in [-0.25, -0.2) is 0 Å². The van der Waals surface area contributed by atoms with Gasteiger partial charge < -0.3 is 19.3 Å². The summed E-state index contributed by atoms with van der Waals surface area (Å²) in [6.07, 6.45) is 0. The van der Waals surface area contributed by atoms with Gasteiger partial charge >= 0.3 is 0 Å². The van der Waals surface area contributed by atoms with Crippen molar-refractivity contribution in [2.45, 2.75) is 59.3 Å². The van der Waals surface area contributed by atoms with E-state index >= 15 is 0 Å². The number of fused-ring (bicyclic) bond motifs is 3. The minimum atomic E-state index is -0.0399. The molecule has 0 aliphatic rings. The maximum Gasteiger partial charge on any atom is 0.159 e. The summed E-state index contributed by atoms with van der Waals surface area (Å²) in [5.74, 6) is 0.214. The second-order valence-electron chi connectivity index (χ2n) is 22.7. The quantitative estimate of drug-likeness (QED) is 0.146. The first-order chi connectivity index (χ1) is 37.3. The van der Waals surface area contributed by atoms with Crippen LogP contribution in [0.4, 0.5) is 34.1 Å². The Kier molecular flexibility index (Phi) is 11.3. The van der Waals surface area contributed by atoms with Crippen LogP contribution in [-0.4, -0.2) is 5.11 Å². The number of para-hydroxylation sites is 3. The van der Waals surface area contributed by atoms with Gasteiger partial charge in [0.05, 0.1) is 22.7 Å². The highest BCUT2D eigenvalue weighted by Crippen LogP contribution is 2.52. The molecule has 13 aromatic rings. The number of hydrogen-bond donors (Lipinski definition) is 1. The molecule has 0 radical (unpaired) electrons. The van der Waals surface area contributed by atoms with Crippen LogP contribution >= 0.6 is 0 Å². The minimum absolute atomic E-state index is 0.0199. The van der Waals surface area contributed by atoms with Crippen LogP contribution in [0.5, 0.6) is 5.75 Å². The monoisotopic (exact) mass is 996 g/mol. The number of anilines is 6. The molecule has 0 fully saturated rings. The van der Waals surface area contributed by atoms with E-state index in [1.54, 1.807) is 0 Å². The van der Waals surface area contributed by atoms with E-state index in [9.17, 15) is 5.11 Å². The summed E-state index contributed by atoms with van der Waals surface area (Å²) in [5.41, 5.74) is 17.2. The van der Waals surface area contributed by atoms with Gasteiger partial charge in [0, 0.05) is 44.0 Å². The largest absolute Gasteiger partial charge is 0.505 e. The van der Waals surface area contributed by atoms with Crippen LogP contribution in [0.25, 0.3) is 87.6 Å². The van der Waals surface area contributed by atoms with Gasteiger partial charge in [-0.15, -0.1) is 0 Å². The third-order valence-electron chi connectivity index (χ3n) is 15.8. The predicted octanol–water partition coefficient (Wildman–Crippen LogP) is 21.0. The molecular formula is C73H60N2O2. The zero-order valence-corrected chi connectivity index (χ0v) is 44.7. The molecule has 0 saturated carbocycles. The number of nitrogens with zero attached hydrogens (tertiary/aromatic N) is 2. The lowest BCUT2D eigenvalue weighted by molar-refractivity contribution is 0.478. The number of phenols is 1. The molecule has 1 heterocycles. The summed E-state index contributed by atoms with van der Waals surface area (Å²) in [4.78, 5) is 4.64. The van der Waals surface area contributed by atoms with Crippen LogP contribution in [0.2, 0.25) is 0 Å². The van der Waals surface area contributed by atoms with Crippen molar-refractivity contribution in [1.29, 1.82) is 0 Å². The Labute approximate surface area is 451 Å². The molecule has 0 unspecified atom stereocenters. The molecule has 77 heavy (non-hydrogen) atoms. The Hall–Kier alpha value is -9.12. The Balaban J connectivity index is 1.03. The zero-order chi connectivity index (χ0) is 52.7. The molecule has 13 rings (SSSR count). The van der Waals surface area contributed by atoms with E-state index in [2.05, 4.69) is 277 Å². The van der Waals surface area contributed by atoms with Crippen molar-refractivity contribution in [3.63, 3.8) is 0 Å². The average Bonchev–Trinajstić information content (AvgIpc) is 3.84. The van der Waals surface area contributed by atoms with E-state index in [1.807, 2.05) is 12.1 Å². The molecule has 4 nitrogen and oxygen atoms in total. The lowest BCUT2D eigenvalue weighted by atomic mass is 9.87. The Bertz CT molecular complexity index is 4360. The highest BCUT2D eigenvalue weighted by Gasteiger charge is 2.27. The van der Waals surface area contributed by atoms with Gasteiger partial charge in [-0.3, -0.25) is 0 Å². The van der Waals surface area contributed by atoms with E-state index in [1.165, 1.54) is 27.6 Å². The van der Waals surface area contributed by atoms with Crippen molar-refractivity contribution < 1.29 is 9.52 Å². The van der Waals surface area contributed by atoms with Gasteiger partial charge in [0.1, 0.15) is 11.3 Å². The smallest absolute Gasteiger partial charge is 0.159 e. The lowest BCUT2D eigenvalue weighted by Crippen LogP contribution is -2.14. The standard InChI is InChI=1S/C73H60N2O2/c1-46-17-11-12-22-56(46)50-20-13-21-51(45-50)57-23-15-27-65(69(57)76)74(54-37-33-52(34-38-54)72(2,3)4)63-43-31-48-30-42-62-64(44-32-49-29-41-61(63)67(48)68(49)62)75(55-39-35-53(36-40-55)73(5,6)7)66-28-16-26-60-59-25-14-24-58(70(59)77-71(60)66)47-18-9-8-10-19-47/h8-45,76H,1-7H3. The average molecular weight is 997 g/mol. The first-order valence-electron chi connectivity index (χ1n) is 26.8. The summed E-state index contributed by atoms with van der Waals surface area (Å²) in [6.45, 7) is 15.7. The number of furan rings is 1. The molecule has 0 atom stereocenters. The van der Waals surface area contributed by atoms with E-state index in [0.29, 0.717) is 5.69 Å². The fourth-order valence-corrected chi connectivity index (χ4v) is 11.7. The minimum Gasteiger partial charge on any atom is -0.505 e. The number of aromatic hydroxyl groups is 1. The molecule has 1 aromatic heterocycles. The number of phenolic OH excluding ortho intramolecular Hbond substituents is 1. The first-order valence-corrected chi connectivity index (χ1v) is 26.8. The van der Waals surface area contributed by atoms with Gasteiger partial charge in [0.25, 0.3) is 0 Å². The number of rotatable bonds is 9. The Morgan fingerprint density at radius 1 is 0.351 bits per heavy atom. The molecule has 12 aromatic carbocycles. The SMILES string of the molecule is Cc1ccccc1-c1cccc(-c2cccc(N(c3ccc(C(C)(C)C)cc3)c3ccc4ccc5c(N(c6ccc(C(C)(C)C)cc6)c6cccc7c6oc6c(-c8ccccc8)cccc67)ccc6ccc3c4c65)c2O)c1. The Morgan fingerprint density at radius 2 is 0.805 bits per heavy atom. The number of aryl methyl sites for hydroxylation is 1. The summed E-state index contributed by atoms with van der Waals surface area (Å²) in [6, 6.07) is 82.7. The van der Waals surface area contributed by atoms with Gasteiger partial charge in [0.2, 0.25) is 0 Å². The van der Waals surface area contributed by atoms with Crippen molar-refractivity contribution in [3.8, 4) is 39.1 Å². The normalized spacial score (nSPS) is 12.1. The second kappa shape index (κ2) is 18.3. The molecule has 4 heteroatoms. The van der Waals surface area contributed by atoms with Crippen LogP contribution in [0.3, 0.4) is 0 Å². The van der Waals surface area contributed by atoms with Crippen molar-refractivity contribution in [1.82, 2.24) is 0 Å². The summed E-state index contributed by atoms with van der Waals surface area (Å²) in [5, 5.41) is 21.8. The van der Waals surface area contributed by atoms with Crippen molar-refractivity contribution in [2.75, 3.05) is 9.80 Å².